The Hall–Kier alpha value is -1.14. The minimum Gasteiger partial charge on any atom is -0.363 e. The topological polar surface area (TPSA) is 45.1 Å². The number of nitrogens with one attached hydrogen (secondary N) is 2. The lowest BCUT2D eigenvalue weighted by Gasteiger charge is -2.12. The first kappa shape index (κ1) is 15.9. The van der Waals surface area contributed by atoms with Crippen molar-refractivity contribution in [3.05, 3.63) is 18.0 Å². The van der Waals surface area contributed by atoms with Crippen molar-refractivity contribution in [2.45, 2.75) is 26.3 Å². The Kier molecular flexibility index (Phi) is 7.43. The van der Waals surface area contributed by atoms with Crippen molar-refractivity contribution in [1.29, 1.82) is 0 Å². The fraction of sp³-hybridized carbons (Fsp3) is 0.692. The average molecular weight is 283 g/mol. The first-order chi connectivity index (χ1) is 9.09. The molecule has 1 aromatic rings. The molecule has 108 valence electrons. The van der Waals surface area contributed by atoms with Crippen LogP contribution in [0.25, 0.3) is 0 Å². The molecule has 0 radical (unpaired) electrons. The third-order valence-electron chi connectivity index (χ3n) is 2.83. The van der Waals surface area contributed by atoms with Crippen LogP contribution in [0.1, 0.15) is 18.5 Å². The molecule has 0 spiro atoms. The van der Waals surface area contributed by atoms with Gasteiger partial charge in [-0.1, -0.05) is 0 Å². The van der Waals surface area contributed by atoms with Gasteiger partial charge < -0.3 is 15.5 Å². The first-order valence-corrected chi connectivity index (χ1v) is 7.15. The van der Waals surface area contributed by atoms with Gasteiger partial charge in [0, 0.05) is 31.5 Å². The number of hydrogen-bond donors (Lipinski definition) is 2. The Morgan fingerprint density at radius 1 is 1.32 bits per heavy atom. The van der Waals surface area contributed by atoms with Crippen molar-refractivity contribution in [2.75, 3.05) is 33.7 Å². The molecule has 19 heavy (non-hydrogen) atoms. The molecule has 1 aromatic heterocycles. The normalized spacial score (nSPS) is 10.7. The Labute approximate surface area is 121 Å². The van der Waals surface area contributed by atoms with E-state index in [2.05, 4.69) is 41.7 Å². The fourth-order valence-electron chi connectivity index (χ4n) is 1.72. The van der Waals surface area contributed by atoms with Gasteiger partial charge in [0.2, 0.25) is 0 Å². The lowest BCUT2D eigenvalue weighted by molar-refractivity contribution is 0.400. The number of hydrogen-bond acceptors (Lipinski definition) is 3. The Bertz CT molecular complexity index is 375. The summed E-state index contributed by atoms with van der Waals surface area (Å²) in [5, 5.41) is 11.4. The van der Waals surface area contributed by atoms with Crippen molar-refractivity contribution in [3.63, 3.8) is 0 Å². The van der Waals surface area contributed by atoms with Crippen LogP contribution in [-0.2, 0) is 6.54 Å². The second kappa shape index (κ2) is 8.87. The van der Waals surface area contributed by atoms with Gasteiger partial charge in [0.1, 0.15) is 0 Å². The highest BCUT2D eigenvalue weighted by Gasteiger charge is 1.98. The van der Waals surface area contributed by atoms with Crippen LogP contribution in [0, 0.1) is 6.92 Å². The molecule has 0 bridgehead atoms. The number of nitrogens with zero attached hydrogens (tertiary/aromatic N) is 3. The third kappa shape index (κ3) is 7.12. The zero-order chi connectivity index (χ0) is 14.1. The van der Waals surface area contributed by atoms with Crippen LogP contribution >= 0.6 is 12.2 Å². The molecule has 1 heterocycles. The molecule has 6 heteroatoms. The van der Waals surface area contributed by atoms with Crippen molar-refractivity contribution in [2.24, 2.45) is 0 Å². The number of aryl methyl sites for hydroxylation is 2. The van der Waals surface area contributed by atoms with Gasteiger partial charge in [0.15, 0.2) is 5.11 Å². The van der Waals surface area contributed by atoms with Crippen LogP contribution in [0.5, 0.6) is 0 Å². The van der Waals surface area contributed by atoms with Gasteiger partial charge in [0.05, 0.1) is 0 Å². The second-order valence-electron chi connectivity index (χ2n) is 4.89. The van der Waals surface area contributed by atoms with Crippen LogP contribution < -0.4 is 10.6 Å². The molecule has 0 aliphatic heterocycles. The summed E-state index contributed by atoms with van der Waals surface area (Å²) >= 11 is 5.21. The van der Waals surface area contributed by atoms with E-state index in [4.69, 9.17) is 12.2 Å². The minimum atomic E-state index is 0.746. The summed E-state index contributed by atoms with van der Waals surface area (Å²) in [5.74, 6) is 0. The van der Waals surface area contributed by atoms with Gasteiger partial charge in [-0.25, -0.2) is 0 Å². The van der Waals surface area contributed by atoms with E-state index in [9.17, 15) is 0 Å². The van der Waals surface area contributed by atoms with Crippen LogP contribution in [0.4, 0.5) is 0 Å². The SMILES string of the molecule is Cc1ccnn1CCCNC(=S)NCCCN(C)C. The molecule has 5 nitrogen and oxygen atoms in total. The average Bonchev–Trinajstić information content (AvgIpc) is 2.76. The van der Waals surface area contributed by atoms with Gasteiger partial charge in [-0.05, 0) is 58.7 Å². The molecule has 0 atom stereocenters. The van der Waals surface area contributed by atoms with E-state index in [1.807, 2.05) is 16.9 Å². The van der Waals surface area contributed by atoms with Crippen molar-refractivity contribution < 1.29 is 0 Å². The lowest BCUT2D eigenvalue weighted by Crippen LogP contribution is -2.37. The molecule has 0 saturated carbocycles. The summed E-state index contributed by atoms with van der Waals surface area (Å²) in [5.41, 5.74) is 1.20. The van der Waals surface area contributed by atoms with Gasteiger partial charge >= 0.3 is 0 Å². The van der Waals surface area contributed by atoms with Crippen LogP contribution in [-0.4, -0.2) is 53.5 Å². The van der Waals surface area contributed by atoms with Crippen LogP contribution in [0.3, 0.4) is 0 Å². The van der Waals surface area contributed by atoms with Crippen LogP contribution in [0.2, 0.25) is 0 Å². The highest BCUT2D eigenvalue weighted by atomic mass is 32.1. The van der Waals surface area contributed by atoms with Crippen molar-refractivity contribution in [1.82, 2.24) is 25.3 Å². The fourth-order valence-corrected chi connectivity index (χ4v) is 1.93. The standard InChI is InChI=1S/C13H25N5S/c1-12-6-9-16-18(12)11-5-8-15-13(19)14-7-4-10-17(2)3/h6,9H,4-5,7-8,10-11H2,1-3H3,(H2,14,15,19). The first-order valence-electron chi connectivity index (χ1n) is 6.74. The second-order valence-corrected chi connectivity index (χ2v) is 5.30. The maximum atomic E-state index is 5.21. The minimum absolute atomic E-state index is 0.746. The smallest absolute Gasteiger partial charge is 0.166 e. The highest BCUT2D eigenvalue weighted by Crippen LogP contribution is 1.96. The van der Waals surface area contributed by atoms with Crippen molar-refractivity contribution in [3.8, 4) is 0 Å². The molecule has 0 saturated heterocycles. The Morgan fingerprint density at radius 2 is 2.00 bits per heavy atom. The maximum Gasteiger partial charge on any atom is 0.166 e. The molecule has 0 fully saturated rings. The third-order valence-corrected chi connectivity index (χ3v) is 3.12. The van der Waals surface area contributed by atoms with Gasteiger partial charge in [-0.15, -0.1) is 0 Å². The van der Waals surface area contributed by atoms with Crippen molar-refractivity contribution >= 4 is 17.3 Å². The summed E-state index contributed by atoms with van der Waals surface area (Å²) in [6.45, 7) is 5.86. The van der Waals surface area contributed by atoms with E-state index < -0.39 is 0 Å². The molecular formula is C13H25N5S. The zero-order valence-electron chi connectivity index (χ0n) is 12.1. The Balaban J connectivity index is 2.00. The largest absolute Gasteiger partial charge is 0.363 e. The molecule has 0 aliphatic rings. The van der Waals surface area contributed by atoms with Gasteiger partial charge in [-0.3, -0.25) is 4.68 Å². The lowest BCUT2D eigenvalue weighted by atomic mass is 10.4. The summed E-state index contributed by atoms with van der Waals surface area (Å²) in [6, 6.07) is 2.02. The molecule has 0 unspecified atom stereocenters. The van der Waals surface area contributed by atoms with E-state index in [0.29, 0.717) is 0 Å². The molecule has 0 aliphatic carbocycles. The molecular weight excluding hydrogens is 258 g/mol. The zero-order valence-corrected chi connectivity index (χ0v) is 13.0. The Morgan fingerprint density at radius 3 is 2.58 bits per heavy atom. The van der Waals surface area contributed by atoms with Crippen LogP contribution in [0.15, 0.2) is 12.3 Å². The molecule has 0 aromatic carbocycles. The monoisotopic (exact) mass is 283 g/mol. The number of aromatic nitrogens is 2. The quantitative estimate of drug-likeness (QED) is 0.550. The maximum absolute atomic E-state index is 5.21. The number of rotatable bonds is 8. The van der Waals surface area contributed by atoms with Gasteiger partial charge in [-0.2, -0.15) is 5.10 Å². The van der Waals surface area contributed by atoms with E-state index in [1.165, 1.54) is 5.69 Å². The van der Waals surface area contributed by atoms with E-state index >= 15 is 0 Å². The summed E-state index contributed by atoms with van der Waals surface area (Å²) in [4.78, 5) is 2.17. The van der Waals surface area contributed by atoms with E-state index in [-0.39, 0.29) is 0 Å². The van der Waals surface area contributed by atoms with E-state index in [1.54, 1.807) is 0 Å². The van der Waals surface area contributed by atoms with E-state index in [0.717, 1.165) is 44.1 Å². The molecule has 2 N–H and O–H groups in total. The number of thiocarbonyl (C=S) groups is 1. The predicted octanol–water partition coefficient (Wildman–Crippen LogP) is 0.997. The van der Waals surface area contributed by atoms with Gasteiger partial charge in [0.25, 0.3) is 0 Å². The summed E-state index contributed by atoms with van der Waals surface area (Å²) in [6.07, 6.45) is 3.95. The summed E-state index contributed by atoms with van der Waals surface area (Å²) in [7, 11) is 4.15. The molecule has 1 rings (SSSR count). The predicted molar refractivity (Wildman–Crippen MR) is 83.4 cm³/mol. The summed E-state index contributed by atoms with van der Waals surface area (Å²) < 4.78 is 2.01. The molecule has 0 amide bonds. The highest BCUT2D eigenvalue weighted by molar-refractivity contribution is 7.80.